The summed E-state index contributed by atoms with van der Waals surface area (Å²) in [5.74, 6) is -2.37. The van der Waals surface area contributed by atoms with Gasteiger partial charge in [-0.15, -0.1) is 0 Å². The van der Waals surface area contributed by atoms with E-state index in [9.17, 15) is 18.8 Å². The highest BCUT2D eigenvalue weighted by molar-refractivity contribution is 6.20. The molecule has 0 radical (unpaired) electrons. The molecule has 1 fully saturated rings. The molecule has 3 rings (SSSR count). The summed E-state index contributed by atoms with van der Waals surface area (Å²) in [5.41, 5.74) is 0.450. The van der Waals surface area contributed by atoms with Crippen LogP contribution in [-0.4, -0.2) is 29.0 Å². The van der Waals surface area contributed by atoms with E-state index in [4.69, 9.17) is 4.84 Å². The van der Waals surface area contributed by atoms with Crippen molar-refractivity contribution in [1.29, 1.82) is 0 Å². The van der Waals surface area contributed by atoms with Crippen LogP contribution in [0.1, 0.15) is 46.4 Å². The predicted molar refractivity (Wildman–Crippen MR) is 69.9 cm³/mol. The third kappa shape index (κ3) is 2.41. The Balaban J connectivity index is 1.70. The van der Waals surface area contributed by atoms with Gasteiger partial charge in [-0.25, -0.2) is 9.18 Å². The Kier molecular flexibility index (Phi) is 3.45. The van der Waals surface area contributed by atoms with Crippen LogP contribution in [0.25, 0.3) is 0 Å². The van der Waals surface area contributed by atoms with Crippen LogP contribution in [0.4, 0.5) is 4.39 Å². The summed E-state index contributed by atoms with van der Waals surface area (Å²) in [6.45, 7) is 0. The van der Waals surface area contributed by atoms with Gasteiger partial charge in [0.05, 0.1) is 17.0 Å². The number of hydroxylamine groups is 2. The van der Waals surface area contributed by atoms with Crippen LogP contribution in [0.2, 0.25) is 0 Å². The van der Waals surface area contributed by atoms with Crippen LogP contribution in [0.5, 0.6) is 0 Å². The molecular formula is C15H14FNO4. The summed E-state index contributed by atoms with van der Waals surface area (Å²) in [6, 6.07) is 6.30. The average molecular weight is 291 g/mol. The maximum Gasteiger partial charge on any atom is 0.336 e. The fourth-order valence-corrected chi connectivity index (χ4v) is 2.70. The fraction of sp³-hybridized carbons (Fsp3) is 0.400. The van der Waals surface area contributed by atoms with Crippen molar-refractivity contribution in [2.24, 2.45) is 5.92 Å². The minimum Gasteiger partial charge on any atom is -0.329 e. The molecule has 0 saturated heterocycles. The highest BCUT2D eigenvalue weighted by Gasteiger charge is 2.40. The zero-order valence-electron chi connectivity index (χ0n) is 11.3. The van der Waals surface area contributed by atoms with Crippen molar-refractivity contribution < 1.29 is 23.6 Å². The first-order chi connectivity index (χ1) is 10.1. The molecule has 1 saturated carbocycles. The van der Waals surface area contributed by atoms with Crippen LogP contribution in [0.15, 0.2) is 24.3 Å². The minimum atomic E-state index is -0.881. The summed E-state index contributed by atoms with van der Waals surface area (Å²) in [4.78, 5) is 41.1. The number of halogens is 1. The Morgan fingerprint density at radius 3 is 2.10 bits per heavy atom. The maximum atomic E-state index is 13.1. The molecule has 21 heavy (non-hydrogen) atoms. The maximum absolute atomic E-state index is 13.1. The summed E-state index contributed by atoms with van der Waals surface area (Å²) in [5, 5.41) is 0.508. The van der Waals surface area contributed by atoms with Gasteiger partial charge in [-0.2, -0.15) is 0 Å². The molecule has 1 aromatic carbocycles. The van der Waals surface area contributed by atoms with E-state index >= 15 is 0 Å². The van der Waals surface area contributed by atoms with Gasteiger partial charge in [0.1, 0.15) is 6.17 Å². The minimum absolute atomic E-state index is 0.225. The highest BCUT2D eigenvalue weighted by atomic mass is 19.1. The second-order valence-corrected chi connectivity index (χ2v) is 5.31. The lowest BCUT2D eigenvalue weighted by Crippen LogP contribution is -2.36. The molecule has 1 heterocycles. The zero-order chi connectivity index (χ0) is 15.0. The van der Waals surface area contributed by atoms with E-state index < -0.39 is 29.9 Å². The van der Waals surface area contributed by atoms with E-state index in [2.05, 4.69) is 0 Å². The number of nitrogens with zero attached hydrogens (tertiary/aromatic N) is 1. The molecule has 0 bridgehead atoms. The van der Waals surface area contributed by atoms with Gasteiger partial charge in [-0.05, 0) is 37.8 Å². The highest BCUT2D eigenvalue weighted by Crippen LogP contribution is 2.29. The fourth-order valence-electron chi connectivity index (χ4n) is 2.70. The number of carbonyl (C=O) groups excluding carboxylic acids is 3. The van der Waals surface area contributed by atoms with Crippen molar-refractivity contribution in [3.63, 3.8) is 0 Å². The number of rotatable bonds is 2. The van der Waals surface area contributed by atoms with Crippen molar-refractivity contribution in [3.05, 3.63) is 35.4 Å². The normalized spacial score (nSPS) is 24.9. The number of imide groups is 1. The molecule has 0 atom stereocenters. The molecule has 1 aliphatic carbocycles. The monoisotopic (exact) mass is 291 g/mol. The molecule has 0 N–H and O–H groups in total. The van der Waals surface area contributed by atoms with E-state index in [1.54, 1.807) is 12.1 Å². The molecule has 0 aromatic heterocycles. The second kappa shape index (κ2) is 5.27. The number of hydrogen-bond donors (Lipinski definition) is 0. The SMILES string of the molecule is O=C(ON1C(=O)c2ccccc2C1=O)C1CCC(F)CC1. The van der Waals surface area contributed by atoms with Crippen molar-refractivity contribution in [2.75, 3.05) is 0 Å². The molecule has 2 amide bonds. The van der Waals surface area contributed by atoms with E-state index in [0.717, 1.165) is 0 Å². The number of benzene rings is 1. The van der Waals surface area contributed by atoms with Crippen LogP contribution in [-0.2, 0) is 9.63 Å². The van der Waals surface area contributed by atoms with E-state index in [1.165, 1.54) is 12.1 Å². The Labute approximate surface area is 120 Å². The standard InChI is InChI=1S/C15H14FNO4/c16-10-7-5-9(6-8-10)15(20)21-17-13(18)11-3-1-2-4-12(11)14(17)19/h1-4,9-10H,5-8H2. The Morgan fingerprint density at radius 2 is 1.57 bits per heavy atom. The van der Waals surface area contributed by atoms with Gasteiger partial charge in [-0.3, -0.25) is 9.59 Å². The zero-order valence-corrected chi connectivity index (χ0v) is 11.3. The third-order valence-electron chi connectivity index (χ3n) is 3.93. The van der Waals surface area contributed by atoms with Crippen molar-refractivity contribution >= 4 is 17.8 Å². The summed E-state index contributed by atoms with van der Waals surface area (Å²) >= 11 is 0. The molecule has 6 heteroatoms. The Bertz CT molecular complexity index is 572. The molecule has 0 spiro atoms. The number of alkyl halides is 1. The Morgan fingerprint density at radius 1 is 1.05 bits per heavy atom. The first-order valence-corrected chi connectivity index (χ1v) is 6.91. The number of amides is 2. The first-order valence-electron chi connectivity index (χ1n) is 6.91. The van der Waals surface area contributed by atoms with Crippen molar-refractivity contribution in [3.8, 4) is 0 Å². The van der Waals surface area contributed by atoms with Crippen molar-refractivity contribution in [1.82, 2.24) is 5.06 Å². The smallest absolute Gasteiger partial charge is 0.329 e. The second-order valence-electron chi connectivity index (χ2n) is 5.31. The summed E-state index contributed by atoms with van der Waals surface area (Å²) < 4.78 is 13.1. The number of carbonyl (C=O) groups is 3. The van der Waals surface area contributed by atoms with Gasteiger partial charge < -0.3 is 4.84 Å². The van der Waals surface area contributed by atoms with Crippen LogP contribution < -0.4 is 0 Å². The van der Waals surface area contributed by atoms with Crippen LogP contribution in [0.3, 0.4) is 0 Å². The summed E-state index contributed by atoms with van der Waals surface area (Å²) in [7, 11) is 0. The molecule has 110 valence electrons. The topological polar surface area (TPSA) is 63.7 Å². The van der Waals surface area contributed by atoms with Crippen LogP contribution >= 0.6 is 0 Å². The van der Waals surface area contributed by atoms with Crippen molar-refractivity contribution in [2.45, 2.75) is 31.9 Å². The molecule has 0 unspecified atom stereocenters. The van der Waals surface area contributed by atoms with Crippen LogP contribution in [0, 0.1) is 5.92 Å². The number of hydrogen-bond acceptors (Lipinski definition) is 4. The predicted octanol–water partition coefficient (Wildman–Crippen LogP) is 2.27. The van der Waals surface area contributed by atoms with Gasteiger partial charge in [0.2, 0.25) is 0 Å². The lowest BCUT2D eigenvalue weighted by atomic mass is 9.88. The van der Waals surface area contributed by atoms with Gasteiger partial charge in [0.15, 0.2) is 0 Å². The molecule has 2 aliphatic rings. The van der Waals surface area contributed by atoms with Gasteiger partial charge in [-0.1, -0.05) is 17.2 Å². The average Bonchev–Trinajstić information content (AvgIpc) is 2.73. The quantitative estimate of drug-likeness (QED) is 0.784. The number of fused-ring (bicyclic) bond motifs is 1. The molecule has 1 aromatic rings. The first kappa shape index (κ1) is 13.7. The molecule has 1 aliphatic heterocycles. The molecule has 5 nitrogen and oxygen atoms in total. The van der Waals surface area contributed by atoms with E-state index in [0.29, 0.717) is 30.7 Å². The summed E-state index contributed by atoms with van der Waals surface area (Å²) in [6.07, 6.45) is 0.490. The lowest BCUT2D eigenvalue weighted by molar-refractivity contribution is -0.175. The van der Waals surface area contributed by atoms with E-state index in [-0.39, 0.29) is 11.1 Å². The third-order valence-corrected chi connectivity index (χ3v) is 3.93. The van der Waals surface area contributed by atoms with Gasteiger partial charge in [0, 0.05) is 0 Å². The largest absolute Gasteiger partial charge is 0.336 e. The lowest BCUT2D eigenvalue weighted by Gasteiger charge is -2.23. The Hall–Kier alpha value is -2.24. The van der Waals surface area contributed by atoms with Gasteiger partial charge >= 0.3 is 5.97 Å². The van der Waals surface area contributed by atoms with E-state index in [1.807, 2.05) is 0 Å². The van der Waals surface area contributed by atoms with Gasteiger partial charge in [0.25, 0.3) is 11.8 Å². The molecular weight excluding hydrogens is 277 g/mol.